The average molecular weight is 258 g/mol. The number of benzene rings is 2. The average Bonchev–Trinajstić information content (AvgIpc) is 2.37. The third kappa shape index (κ3) is 3.31. The minimum atomic E-state index is -0.374. The predicted octanol–water partition coefficient (Wildman–Crippen LogP) is 2.90. The first-order valence-electron chi connectivity index (χ1n) is 5.95. The SMILES string of the molecule is Cc1ccc(NC(=O)Cc2ccccc2F)cc1N. The first-order chi connectivity index (χ1) is 9.06. The number of anilines is 2. The van der Waals surface area contributed by atoms with Crippen molar-refractivity contribution >= 4 is 17.3 Å². The molecule has 0 aliphatic rings. The molecular formula is C15H15FN2O. The molecule has 2 aromatic rings. The third-order valence-corrected chi connectivity index (χ3v) is 2.87. The molecule has 3 N–H and O–H groups in total. The maximum atomic E-state index is 13.4. The number of rotatable bonds is 3. The fourth-order valence-electron chi connectivity index (χ4n) is 1.74. The smallest absolute Gasteiger partial charge is 0.228 e. The molecule has 2 rings (SSSR count). The van der Waals surface area contributed by atoms with Gasteiger partial charge in [0.25, 0.3) is 0 Å². The zero-order valence-electron chi connectivity index (χ0n) is 10.6. The minimum absolute atomic E-state index is 0.000451. The number of carbonyl (C=O) groups is 1. The van der Waals surface area contributed by atoms with Gasteiger partial charge in [-0.05, 0) is 36.2 Å². The number of hydrogen-bond acceptors (Lipinski definition) is 2. The van der Waals surface area contributed by atoms with Crippen molar-refractivity contribution in [2.45, 2.75) is 13.3 Å². The van der Waals surface area contributed by atoms with Crippen LogP contribution in [-0.2, 0) is 11.2 Å². The second-order valence-electron chi connectivity index (χ2n) is 4.39. The summed E-state index contributed by atoms with van der Waals surface area (Å²) < 4.78 is 13.4. The van der Waals surface area contributed by atoms with Gasteiger partial charge in [-0.15, -0.1) is 0 Å². The van der Waals surface area contributed by atoms with Crippen molar-refractivity contribution in [2.24, 2.45) is 0 Å². The number of nitrogen functional groups attached to an aromatic ring is 1. The Bertz CT molecular complexity index is 611. The Hall–Kier alpha value is -2.36. The van der Waals surface area contributed by atoms with Crippen molar-refractivity contribution in [3.8, 4) is 0 Å². The van der Waals surface area contributed by atoms with E-state index in [-0.39, 0.29) is 18.1 Å². The van der Waals surface area contributed by atoms with Gasteiger partial charge in [-0.2, -0.15) is 0 Å². The molecule has 2 aromatic carbocycles. The zero-order chi connectivity index (χ0) is 13.8. The molecule has 3 nitrogen and oxygen atoms in total. The monoisotopic (exact) mass is 258 g/mol. The summed E-state index contributed by atoms with van der Waals surface area (Å²) in [5, 5.41) is 2.70. The highest BCUT2D eigenvalue weighted by Gasteiger charge is 2.08. The van der Waals surface area contributed by atoms with Gasteiger partial charge in [-0.25, -0.2) is 4.39 Å². The van der Waals surface area contributed by atoms with E-state index in [0.29, 0.717) is 16.9 Å². The Morgan fingerprint density at radius 1 is 1.26 bits per heavy atom. The number of nitrogens with two attached hydrogens (primary N) is 1. The van der Waals surface area contributed by atoms with Crippen molar-refractivity contribution < 1.29 is 9.18 Å². The van der Waals surface area contributed by atoms with Crippen molar-refractivity contribution in [1.29, 1.82) is 0 Å². The molecule has 0 heterocycles. The molecule has 0 aromatic heterocycles. The molecule has 0 fully saturated rings. The summed E-state index contributed by atoms with van der Waals surface area (Å²) >= 11 is 0. The summed E-state index contributed by atoms with van der Waals surface area (Å²) in [5.74, 6) is -0.644. The minimum Gasteiger partial charge on any atom is -0.398 e. The maximum absolute atomic E-state index is 13.4. The van der Waals surface area contributed by atoms with Gasteiger partial charge in [0.15, 0.2) is 0 Å². The summed E-state index contributed by atoms with van der Waals surface area (Å²) in [6.07, 6.45) is 0.000451. The molecule has 0 radical (unpaired) electrons. The van der Waals surface area contributed by atoms with Crippen LogP contribution in [0.4, 0.5) is 15.8 Å². The van der Waals surface area contributed by atoms with E-state index >= 15 is 0 Å². The quantitative estimate of drug-likeness (QED) is 0.832. The maximum Gasteiger partial charge on any atom is 0.228 e. The molecule has 0 aliphatic carbocycles. The fourth-order valence-corrected chi connectivity index (χ4v) is 1.74. The third-order valence-electron chi connectivity index (χ3n) is 2.87. The summed E-state index contributed by atoms with van der Waals surface area (Å²) in [5.41, 5.74) is 8.32. The van der Waals surface area contributed by atoms with E-state index in [1.165, 1.54) is 6.07 Å². The lowest BCUT2D eigenvalue weighted by Crippen LogP contribution is -2.15. The van der Waals surface area contributed by atoms with Crippen LogP contribution in [0.5, 0.6) is 0 Å². The second kappa shape index (κ2) is 5.52. The van der Waals surface area contributed by atoms with Gasteiger partial charge in [-0.1, -0.05) is 24.3 Å². The summed E-state index contributed by atoms with van der Waals surface area (Å²) in [4.78, 5) is 11.8. The van der Waals surface area contributed by atoms with E-state index < -0.39 is 0 Å². The fraction of sp³-hybridized carbons (Fsp3) is 0.133. The topological polar surface area (TPSA) is 55.1 Å². The summed E-state index contributed by atoms with van der Waals surface area (Å²) in [6, 6.07) is 11.5. The predicted molar refractivity (Wildman–Crippen MR) is 74.3 cm³/mol. The standard InChI is InChI=1S/C15H15FN2O/c1-10-6-7-12(9-14(10)17)18-15(19)8-11-4-2-3-5-13(11)16/h2-7,9H,8,17H2,1H3,(H,18,19). The first-order valence-corrected chi connectivity index (χ1v) is 5.95. The molecule has 98 valence electrons. The van der Waals surface area contributed by atoms with Crippen LogP contribution in [0.15, 0.2) is 42.5 Å². The Morgan fingerprint density at radius 3 is 2.68 bits per heavy atom. The number of amides is 1. The number of halogens is 1. The normalized spacial score (nSPS) is 10.2. The van der Waals surface area contributed by atoms with Gasteiger partial charge < -0.3 is 11.1 Å². The van der Waals surface area contributed by atoms with E-state index in [1.807, 2.05) is 13.0 Å². The Balaban J connectivity index is 2.05. The first kappa shape index (κ1) is 13.1. The van der Waals surface area contributed by atoms with Crippen molar-refractivity contribution in [3.63, 3.8) is 0 Å². The van der Waals surface area contributed by atoms with Crippen LogP contribution in [0.1, 0.15) is 11.1 Å². The van der Waals surface area contributed by atoms with Crippen molar-refractivity contribution in [2.75, 3.05) is 11.1 Å². The van der Waals surface area contributed by atoms with Gasteiger partial charge in [0, 0.05) is 11.4 Å². The van der Waals surface area contributed by atoms with Gasteiger partial charge >= 0.3 is 0 Å². The molecule has 0 unspecified atom stereocenters. The lowest BCUT2D eigenvalue weighted by molar-refractivity contribution is -0.115. The molecule has 4 heteroatoms. The van der Waals surface area contributed by atoms with Gasteiger partial charge in [0.2, 0.25) is 5.91 Å². The lowest BCUT2D eigenvalue weighted by Gasteiger charge is -2.08. The Kier molecular flexibility index (Phi) is 3.80. The van der Waals surface area contributed by atoms with E-state index in [9.17, 15) is 9.18 Å². The number of hydrogen-bond donors (Lipinski definition) is 2. The van der Waals surface area contributed by atoms with Crippen LogP contribution in [0.2, 0.25) is 0 Å². The Labute approximate surface area is 111 Å². The van der Waals surface area contributed by atoms with E-state index in [1.54, 1.807) is 30.3 Å². The van der Waals surface area contributed by atoms with Crippen LogP contribution >= 0.6 is 0 Å². The molecule has 0 spiro atoms. The van der Waals surface area contributed by atoms with Crippen molar-refractivity contribution in [1.82, 2.24) is 0 Å². The number of carbonyl (C=O) groups excluding carboxylic acids is 1. The number of aryl methyl sites for hydroxylation is 1. The molecule has 0 saturated heterocycles. The van der Waals surface area contributed by atoms with Gasteiger partial charge in [-0.3, -0.25) is 4.79 Å². The summed E-state index contributed by atoms with van der Waals surface area (Å²) in [7, 11) is 0. The van der Waals surface area contributed by atoms with Crippen LogP contribution in [-0.4, -0.2) is 5.91 Å². The highest BCUT2D eigenvalue weighted by molar-refractivity contribution is 5.92. The van der Waals surface area contributed by atoms with Crippen LogP contribution < -0.4 is 11.1 Å². The van der Waals surface area contributed by atoms with E-state index in [2.05, 4.69) is 5.32 Å². The van der Waals surface area contributed by atoms with Gasteiger partial charge in [0.05, 0.1) is 6.42 Å². The molecule has 1 amide bonds. The number of nitrogens with one attached hydrogen (secondary N) is 1. The lowest BCUT2D eigenvalue weighted by atomic mass is 10.1. The van der Waals surface area contributed by atoms with E-state index in [0.717, 1.165) is 5.56 Å². The largest absolute Gasteiger partial charge is 0.398 e. The van der Waals surface area contributed by atoms with E-state index in [4.69, 9.17) is 5.73 Å². The molecule has 0 bridgehead atoms. The molecule has 19 heavy (non-hydrogen) atoms. The molecule has 0 saturated carbocycles. The second-order valence-corrected chi connectivity index (χ2v) is 4.39. The van der Waals surface area contributed by atoms with Crippen LogP contribution in [0.25, 0.3) is 0 Å². The highest BCUT2D eigenvalue weighted by atomic mass is 19.1. The molecule has 0 atom stereocenters. The van der Waals surface area contributed by atoms with Gasteiger partial charge in [0.1, 0.15) is 5.82 Å². The zero-order valence-corrected chi connectivity index (χ0v) is 10.6. The molecule has 0 aliphatic heterocycles. The van der Waals surface area contributed by atoms with Crippen molar-refractivity contribution in [3.05, 3.63) is 59.4 Å². The Morgan fingerprint density at radius 2 is 2.00 bits per heavy atom. The highest BCUT2D eigenvalue weighted by Crippen LogP contribution is 2.17. The molecular weight excluding hydrogens is 243 g/mol. The summed E-state index contributed by atoms with van der Waals surface area (Å²) in [6.45, 7) is 1.89. The van der Waals surface area contributed by atoms with Crippen LogP contribution in [0, 0.1) is 12.7 Å². The van der Waals surface area contributed by atoms with Crippen LogP contribution in [0.3, 0.4) is 0 Å².